The van der Waals surface area contributed by atoms with E-state index in [0.717, 1.165) is 49.2 Å². The molecule has 1 aliphatic heterocycles. The molecule has 32 heavy (non-hydrogen) atoms. The molecule has 2 N–H and O–H groups in total. The van der Waals surface area contributed by atoms with E-state index in [0.29, 0.717) is 17.3 Å². The number of pyridine rings is 1. The Morgan fingerprint density at radius 3 is 2.47 bits per heavy atom. The van der Waals surface area contributed by atoms with Crippen molar-refractivity contribution < 1.29 is 19.4 Å². The molecule has 0 spiro atoms. The smallest absolute Gasteiger partial charge is 0.404 e. The lowest BCUT2D eigenvalue weighted by atomic mass is 10.1. The minimum absolute atomic E-state index is 0.0755. The summed E-state index contributed by atoms with van der Waals surface area (Å²) in [5.41, 5.74) is 3.52. The van der Waals surface area contributed by atoms with Gasteiger partial charge < -0.3 is 20.1 Å². The fraction of sp³-hybridized carbons (Fsp3) is 0.304. The van der Waals surface area contributed by atoms with Gasteiger partial charge in [-0.15, -0.1) is 0 Å². The van der Waals surface area contributed by atoms with Crippen molar-refractivity contribution >= 4 is 12.0 Å². The van der Waals surface area contributed by atoms with Crippen LogP contribution in [-0.2, 0) is 6.54 Å². The molecule has 2 amide bonds. The molecule has 1 fully saturated rings. The van der Waals surface area contributed by atoms with Crippen LogP contribution in [0.25, 0.3) is 16.9 Å². The number of aromatic nitrogens is 3. The highest BCUT2D eigenvalue weighted by Crippen LogP contribution is 2.26. The maximum atomic E-state index is 13.1. The zero-order valence-electron chi connectivity index (χ0n) is 17.8. The van der Waals surface area contributed by atoms with Crippen LogP contribution >= 0.6 is 0 Å². The van der Waals surface area contributed by atoms with Gasteiger partial charge in [0.2, 0.25) is 5.88 Å². The van der Waals surface area contributed by atoms with Gasteiger partial charge >= 0.3 is 6.09 Å². The third kappa shape index (κ3) is 4.72. The summed E-state index contributed by atoms with van der Waals surface area (Å²) in [5, 5.41) is 15.8. The maximum Gasteiger partial charge on any atom is 0.404 e. The molecule has 1 aromatic carbocycles. The average Bonchev–Trinajstić information content (AvgIpc) is 3.28. The molecule has 0 atom stereocenters. The van der Waals surface area contributed by atoms with Crippen molar-refractivity contribution in [1.29, 1.82) is 0 Å². The first-order valence-corrected chi connectivity index (χ1v) is 10.5. The molecule has 0 bridgehead atoms. The summed E-state index contributed by atoms with van der Waals surface area (Å²) in [6.45, 7) is 1.71. The van der Waals surface area contributed by atoms with E-state index in [2.05, 4.69) is 15.4 Å². The zero-order valence-corrected chi connectivity index (χ0v) is 17.8. The number of carbonyl (C=O) groups excluding carboxylic acids is 1. The lowest BCUT2D eigenvalue weighted by Crippen LogP contribution is -2.35. The van der Waals surface area contributed by atoms with Crippen LogP contribution in [0.2, 0.25) is 0 Å². The normalized spacial score (nSPS) is 13.6. The van der Waals surface area contributed by atoms with Gasteiger partial charge in [0.1, 0.15) is 0 Å². The molecule has 0 radical (unpaired) electrons. The number of carbonyl (C=O) groups is 2. The van der Waals surface area contributed by atoms with E-state index in [-0.39, 0.29) is 12.5 Å². The van der Waals surface area contributed by atoms with E-state index in [9.17, 15) is 9.59 Å². The first kappa shape index (κ1) is 21.4. The van der Waals surface area contributed by atoms with Crippen molar-refractivity contribution in [3.05, 3.63) is 59.9 Å². The zero-order chi connectivity index (χ0) is 22.5. The summed E-state index contributed by atoms with van der Waals surface area (Å²) < 4.78 is 6.85. The molecular weight excluding hydrogens is 410 g/mol. The predicted octanol–water partition coefficient (Wildman–Crippen LogP) is 3.34. The summed E-state index contributed by atoms with van der Waals surface area (Å²) in [7, 11) is 1.55. The van der Waals surface area contributed by atoms with E-state index < -0.39 is 6.09 Å². The van der Waals surface area contributed by atoms with Gasteiger partial charge in [0.15, 0.2) is 5.69 Å². The fourth-order valence-electron chi connectivity index (χ4n) is 3.74. The van der Waals surface area contributed by atoms with E-state index >= 15 is 0 Å². The Bertz CT molecular complexity index is 1090. The van der Waals surface area contributed by atoms with Gasteiger partial charge in [-0.1, -0.05) is 24.3 Å². The topological polar surface area (TPSA) is 110 Å². The van der Waals surface area contributed by atoms with Crippen LogP contribution in [0, 0.1) is 0 Å². The number of nitrogens with one attached hydrogen (secondary N) is 1. The van der Waals surface area contributed by atoms with Crippen LogP contribution in [0.3, 0.4) is 0 Å². The van der Waals surface area contributed by atoms with Gasteiger partial charge in [-0.3, -0.25) is 4.79 Å². The third-order valence-electron chi connectivity index (χ3n) is 5.44. The molecule has 3 heterocycles. The number of ether oxygens (including phenoxy) is 1. The first-order chi connectivity index (χ1) is 15.5. The van der Waals surface area contributed by atoms with Crippen LogP contribution < -0.4 is 10.1 Å². The fourth-order valence-corrected chi connectivity index (χ4v) is 3.74. The first-order valence-electron chi connectivity index (χ1n) is 10.5. The number of methoxy groups -OCH3 is 1. The Balaban J connectivity index is 1.69. The van der Waals surface area contributed by atoms with Crippen LogP contribution in [0.1, 0.15) is 35.3 Å². The Labute approximate surface area is 185 Å². The van der Waals surface area contributed by atoms with Crippen LogP contribution in [0.5, 0.6) is 5.88 Å². The van der Waals surface area contributed by atoms with E-state index in [1.54, 1.807) is 30.1 Å². The minimum atomic E-state index is -1.07. The lowest BCUT2D eigenvalue weighted by molar-refractivity contribution is 0.0718. The van der Waals surface area contributed by atoms with Crippen LogP contribution in [0.4, 0.5) is 4.79 Å². The van der Waals surface area contributed by atoms with Crippen molar-refractivity contribution in [2.45, 2.75) is 25.8 Å². The van der Waals surface area contributed by atoms with Gasteiger partial charge in [-0.25, -0.2) is 14.5 Å². The Morgan fingerprint density at radius 2 is 1.84 bits per heavy atom. The Morgan fingerprint density at radius 1 is 1.09 bits per heavy atom. The van der Waals surface area contributed by atoms with Gasteiger partial charge in [0, 0.05) is 31.3 Å². The Hall–Kier alpha value is -3.88. The molecule has 2 aromatic heterocycles. The van der Waals surface area contributed by atoms with Gasteiger partial charge in [0.05, 0.1) is 24.7 Å². The number of nitrogens with zero attached hydrogens (tertiary/aromatic N) is 4. The molecule has 0 unspecified atom stereocenters. The number of hydrogen-bond acceptors (Lipinski definition) is 5. The number of benzene rings is 1. The number of likely N-dealkylation sites (tertiary alicyclic amines) is 1. The Kier molecular flexibility index (Phi) is 6.34. The molecule has 1 aliphatic rings. The minimum Gasteiger partial charge on any atom is -0.481 e. The molecular formula is C23H25N5O4. The molecule has 0 aliphatic carbocycles. The van der Waals surface area contributed by atoms with E-state index in [1.165, 1.54) is 0 Å². The van der Waals surface area contributed by atoms with Crippen molar-refractivity contribution in [1.82, 2.24) is 25.0 Å². The number of hydrogen-bond donors (Lipinski definition) is 2. The summed E-state index contributed by atoms with van der Waals surface area (Å²) >= 11 is 0. The number of rotatable bonds is 6. The largest absolute Gasteiger partial charge is 0.481 e. The summed E-state index contributed by atoms with van der Waals surface area (Å²) in [6.07, 6.45) is 3.74. The second-order valence-electron chi connectivity index (χ2n) is 7.59. The predicted molar refractivity (Wildman–Crippen MR) is 118 cm³/mol. The van der Waals surface area contributed by atoms with Crippen molar-refractivity contribution in [2.24, 2.45) is 0 Å². The highest BCUT2D eigenvalue weighted by atomic mass is 16.5. The summed E-state index contributed by atoms with van der Waals surface area (Å²) in [6, 6.07) is 12.8. The number of amides is 2. The number of piperidine rings is 1. The van der Waals surface area contributed by atoms with Crippen LogP contribution in [0.15, 0.2) is 48.7 Å². The van der Waals surface area contributed by atoms with Gasteiger partial charge in [0.25, 0.3) is 5.91 Å². The van der Waals surface area contributed by atoms with Crippen LogP contribution in [-0.4, -0.2) is 57.0 Å². The SMILES string of the molecule is COc1ccc(-n2nc(C(=O)N3CCCCC3)cc2-c2ccc(CNC(=O)O)cc2)cn1. The van der Waals surface area contributed by atoms with E-state index in [4.69, 9.17) is 9.84 Å². The van der Waals surface area contributed by atoms with Crippen molar-refractivity contribution in [2.75, 3.05) is 20.2 Å². The number of carboxylic acid groups (broad SMARTS) is 1. The van der Waals surface area contributed by atoms with Gasteiger partial charge in [-0.05, 0) is 37.0 Å². The second-order valence-corrected chi connectivity index (χ2v) is 7.59. The van der Waals surface area contributed by atoms with Crippen molar-refractivity contribution in [3.8, 4) is 22.8 Å². The monoisotopic (exact) mass is 435 g/mol. The van der Waals surface area contributed by atoms with Crippen molar-refractivity contribution in [3.63, 3.8) is 0 Å². The second kappa shape index (κ2) is 9.51. The molecule has 9 heteroatoms. The maximum absolute atomic E-state index is 13.1. The van der Waals surface area contributed by atoms with E-state index in [1.807, 2.05) is 35.2 Å². The standard InChI is InChI=1S/C23H25N5O4/c1-32-21-10-9-18(15-24-21)28-20(17-7-5-16(6-8-17)14-25-23(30)31)13-19(26-28)22(29)27-11-3-2-4-12-27/h5-10,13,15,25H,2-4,11-12,14H2,1H3,(H,30,31). The highest BCUT2D eigenvalue weighted by molar-refractivity contribution is 5.93. The summed E-state index contributed by atoms with van der Waals surface area (Å²) in [5.74, 6) is 0.413. The molecule has 0 saturated carbocycles. The van der Waals surface area contributed by atoms with Gasteiger partial charge in [-0.2, -0.15) is 5.10 Å². The molecule has 3 aromatic rings. The molecule has 1 saturated heterocycles. The third-order valence-corrected chi connectivity index (χ3v) is 5.44. The summed E-state index contributed by atoms with van der Waals surface area (Å²) in [4.78, 5) is 29.9. The molecule has 166 valence electrons. The lowest BCUT2D eigenvalue weighted by Gasteiger charge is -2.25. The highest BCUT2D eigenvalue weighted by Gasteiger charge is 2.23. The molecule has 4 rings (SSSR count). The quantitative estimate of drug-likeness (QED) is 0.615. The average molecular weight is 435 g/mol. The molecule has 9 nitrogen and oxygen atoms in total.